The van der Waals surface area contributed by atoms with Gasteiger partial charge in [0, 0.05) is 0 Å². The molecule has 0 saturated heterocycles. The number of amides is 1. The highest BCUT2D eigenvalue weighted by atomic mass is 19.4. The molecule has 0 aliphatic rings. The largest absolute Gasteiger partial charge is 0.497 e. The van der Waals surface area contributed by atoms with Crippen molar-refractivity contribution in [1.82, 2.24) is 5.32 Å². The maximum Gasteiger partial charge on any atom is 0.405 e. The monoisotopic (exact) mass is 306 g/mol. The number of carbonyl (C=O) groups excluding carboxylic acids is 1. The normalized spacial score (nSPS) is 11.1. The second-order valence-electron chi connectivity index (χ2n) is 4.15. The van der Waals surface area contributed by atoms with Crippen LogP contribution >= 0.6 is 0 Å². The smallest absolute Gasteiger partial charge is 0.405 e. The Morgan fingerprint density at radius 3 is 2.67 bits per heavy atom. The van der Waals surface area contributed by atoms with Gasteiger partial charge in [-0.05, 0) is 31.2 Å². The Morgan fingerprint density at radius 2 is 2.10 bits per heavy atom. The maximum atomic E-state index is 12.1. The molecule has 1 aromatic rings. The van der Waals surface area contributed by atoms with Crippen LogP contribution in [-0.2, 0) is 0 Å². The van der Waals surface area contributed by atoms with Crippen molar-refractivity contribution in [3.8, 4) is 11.5 Å². The Morgan fingerprint density at radius 1 is 1.38 bits per heavy atom. The number of benzene rings is 1. The van der Waals surface area contributed by atoms with Crippen LogP contribution in [0.5, 0.6) is 11.5 Å². The molecule has 1 rings (SSSR count). The quantitative estimate of drug-likeness (QED) is 0.752. The summed E-state index contributed by atoms with van der Waals surface area (Å²) in [6.07, 6.45) is -3.91. The van der Waals surface area contributed by atoms with Crippen LogP contribution in [0.2, 0.25) is 0 Å². The summed E-state index contributed by atoms with van der Waals surface area (Å²) in [4.78, 5) is 11.8. The van der Waals surface area contributed by atoms with E-state index in [1.807, 2.05) is 0 Å². The van der Waals surface area contributed by atoms with Gasteiger partial charge in [0.25, 0.3) is 5.91 Å². The fourth-order valence-corrected chi connectivity index (χ4v) is 1.48. The van der Waals surface area contributed by atoms with E-state index in [-0.39, 0.29) is 17.9 Å². The number of alkyl halides is 3. The van der Waals surface area contributed by atoms with Gasteiger partial charge in [0.05, 0.1) is 19.3 Å². The van der Waals surface area contributed by atoms with Crippen molar-refractivity contribution >= 4 is 5.91 Å². The number of nitrogens with one attached hydrogen (secondary N) is 1. The number of hydrogen-bond donors (Lipinski definition) is 2. The molecule has 5 nitrogen and oxygen atoms in total. The molecular formula is C13H17F3N2O3. The van der Waals surface area contributed by atoms with E-state index in [4.69, 9.17) is 15.2 Å². The zero-order chi connectivity index (χ0) is 15.9. The molecule has 1 amide bonds. The third-order valence-electron chi connectivity index (χ3n) is 2.49. The van der Waals surface area contributed by atoms with Crippen LogP contribution < -0.4 is 20.5 Å². The van der Waals surface area contributed by atoms with E-state index in [1.54, 1.807) is 11.4 Å². The van der Waals surface area contributed by atoms with Crippen LogP contribution in [0, 0.1) is 0 Å². The first-order valence-corrected chi connectivity index (χ1v) is 6.23. The summed E-state index contributed by atoms with van der Waals surface area (Å²) < 4.78 is 46.7. The van der Waals surface area contributed by atoms with E-state index in [1.165, 1.54) is 19.2 Å². The second-order valence-corrected chi connectivity index (χ2v) is 4.15. The van der Waals surface area contributed by atoms with Gasteiger partial charge in [0.2, 0.25) is 0 Å². The minimum absolute atomic E-state index is 0.0179. The van der Waals surface area contributed by atoms with E-state index < -0.39 is 18.6 Å². The summed E-state index contributed by atoms with van der Waals surface area (Å²) >= 11 is 0. The Kier molecular flexibility index (Phi) is 6.29. The SMILES string of the molecule is COc1ccc(OCCCN)c(C(=O)NCC(F)(F)F)c1. The fourth-order valence-electron chi connectivity index (χ4n) is 1.48. The molecule has 3 N–H and O–H groups in total. The lowest BCUT2D eigenvalue weighted by atomic mass is 10.1. The first-order valence-electron chi connectivity index (χ1n) is 6.23. The summed E-state index contributed by atoms with van der Waals surface area (Å²) in [6.45, 7) is -0.737. The zero-order valence-electron chi connectivity index (χ0n) is 11.5. The van der Waals surface area contributed by atoms with Crippen molar-refractivity contribution in [1.29, 1.82) is 0 Å². The van der Waals surface area contributed by atoms with E-state index in [2.05, 4.69) is 0 Å². The molecule has 0 bridgehead atoms. The number of nitrogens with two attached hydrogens (primary N) is 1. The lowest BCUT2D eigenvalue weighted by Gasteiger charge is -2.13. The van der Waals surface area contributed by atoms with Gasteiger partial charge in [-0.2, -0.15) is 13.2 Å². The third kappa shape index (κ3) is 5.90. The fraction of sp³-hybridized carbons (Fsp3) is 0.462. The molecule has 0 aliphatic heterocycles. The Bertz CT molecular complexity index is 478. The lowest BCUT2D eigenvalue weighted by molar-refractivity contribution is -0.123. The highest BCUT2D eigenvalue weighted by molar-refractivity contribution is 5.97. The number of carbonyl (C=O) groups is 1. The summed E-state index contributed by atoms with van der Waals surface area (Å²) in [7, 11) is 1.39. The number of hydrogen-bond acceptors (Lipinski definition) is 4. The molecule has 0 aliphatic carbocycles. The van der Waals surface area contributed by atoms with Crippen molar-refractivity contribution in [2.45, 2.75) is 12.6 Å². The van der Waals surface area contributed by atoms with Crippen LogP contribution in [0.3, 0.4) is 0 Å². The first-order chi connectivity index (χ1) is 9.87. The topological polar surface area (TPSA) is 73.6 Å². The number of methoxy groups -OCH3 is 1. The summed E-state index contributed by atoms with van der Waals surface area (Å²) in [5.74, 6) is -0.351. The molecule has 118 valence electrons. The van der Waals surface area contributed by atoms with Crippen LogP contribution in [0.15, 0.2) is 18.2 Å². The lowest BCUT2D eigenvalue weighted by Crippen LogP contribution is -2.34. The Balaban J connectivity index is 2.86. The predicted molar refractivity (Wildman–Crippen MR) is 70.5 cm³/mol. The molecule has 0 heterocycles. The van der Waals surface area contributed by atoms with Crippen molar-refractivity contribution in [3.05, 3.63) is 23.8 Å². The molecule has 0 radical (unpaired) electrons. The molecule has 0 saturated carbocycles. The zero-order valence-corrected chi connectivity index (χ0v) is 11.5. The van der Waals surface area contributed by atoms with Crippen molar-refractivity contribution in [2.75, 3.05) is 26.8 Å². The highest BCUT2D eigenvalue weighted by Crippen LogP contribution is 2.24. The van der Waals surface area contributed by atoms with Gasteiger partial charge in [-0.15, -0.1) is 0 Å². The Hall–Kier alpha value is -1.96. The number of ether oxygens (including phenoxy) is 2. The van der Waals surface area contributed by atoms with Gasteiger partial charge < -0.3 is 20.5 Å². The molecule has 0 spiro atoms. The van der Waals surface area contributed by atoms with Crippen LogP contribution in [0.4, 0.5) is 13.2 Å². The average molecular weight is 306 g/mol. The first kappa shape index (κ1) is 17.1. The molecule has 0 fully saturated rings. The molecule has 0 atom stereocenters. The third-order valence-corrected chi connectivity index (χ3v) is 2.49. The van der Waals surface area contributed by atoms with Crippen molar-refractivity contribution in [2.24, 2.45) is 5.73 Å². The van der Waals surface area contributed by atoms with Gasteiger partial charge in [0.1, 0.15) is 18.0 Å². The average Bonchev–Trinajstić information content (AvgIpc) is 2.44. The van der Waals surface area contributed by atoms with Crippen molar-refractivity contribution in [3.63, 3.8) is 0 Å². The maximum absolute atomic E-state index is 12.1. The molecule has 8 heteroatoms. The number of rotatable bonds is 7. The standard InChI is InChI=1S/C13H17F3N2O3/c1-20-9-3-4-11(21-6-2-5-17)10(7-9)12(19)18-8-13(14,15)16/h3-4,7H,2,5-6,8,17H2,1H3,(H,18,19). The van der Waals surface area contributed by atoms with Gasteiger partial charge in [-0.3, -0.25) is 4.79 Å². The molecular weight excluding hydrogens is 289 g/mol. The molecule has 21 heavy (non-hydrogen) atoms. The van der Waals surface area contributed by atoms with Crippen LogP contribution in [0.25, 0.3) is 0 Å². The predicted octanol–water partition coefficient (Wildman–Crippen LogP) is 1.71. The summed E-state index contributed by atoms with van der Waals surface area (Å²) in [5.41, 5.74) is 5.31. The van der Waals surface area contributed by atoms with Crippen LogP contribution in [-0.4, -0.2) is 38.9 Å². The molecule has 0 unspecified atom stereocenters. The highest BCUT2D eigenvalue weighted by Gasteiger charge is 2.28. The number of halogens is 3. The van der Waals surface area contributed by atoms with Gasteiger partial charge >= 0.3 is 6.18 Å². The minimum atomic E-state index is -4.48. The van der Waals surface area contributed by atoms with Crippen molar-refractivity contribution < 1.29 is 27.4 Å². The van der Waals surface area contributed by atoms with Gasteiger partial charge in [0.15, 0.2) is 0 Å². The van der Waals surface area contributed by atoms with Gasteiger partial charge in [-0.25, -0.2) is 0 Å². The van der Waals surface area contributed by atoms with E-state index >= 15 is 0 Å². The second kappa shape index (κ2) is 7.72. The van der Waals surface area contributed by atoms with Crippen LogP contribution in [0.1, 0.15) is 16.8 Å². The summed E-state index contributed by atoms with van der Waals surface area (Å²) in [5, 5.41) is 1.80. The van der Waals surface area contributed by atoms with E-state index in [0.29, 0.717) is 18.7 Å². The molecule has 0 aromatic heterocycles. The molecule has 1 aromatic carbocycles. The van der Waals surface area contributed by atoms with Gasteiger partial charge in [-0.1, -0.05) is 0 Å². The van der Waals surface area contributed by atoms with E-state index in [9.17, 15) is 18.0 Å². The Labute approximate surface area is 120 Å². The van der Waals surface area contributed by atoms with E-state index in [0.717, 1.165) is 0 Å². The summed E-state index contributed by atoms with van der Waals surface area (Å²) in [6, 6.07) is 4.35. The minimum Gasteiger partial charge on any atom is -0.497 e.